The predicted molar refractivity (Wildman–Crippen MR) is 85.9 cm³/mol. The quantitative estimate of drug-likeness (QED) is 0.879. The lowest BCUT2D eigenvalue weighted by molar-refractivity contribution is 0.211. The van der Waals surface area contributed by atoms with Crippen LogP contribution in [0.15, 0.2) is 22.7 Å². The van der Waals surface area contributed by atoms with E-state index < -0.39 is 0 Å². The summed E-state index contributed by atoms with van der Waals surface area (Å²) in [4.78, 5) is 2.39. The Morgan fingerprint density at radius 3 is 2.74 bits per heavy atom. The minimum Gasteiger partial charge on any atom is -0.327 e. The molecule has 1 saturated heterocycles. The number of hydrogen-bond acceptors (Lipinski definition) is 2. The van der Waals surface area contributed by atoms with Crippen molar-refractivity contribution in [2.75, 3.05) is 19.6 Å². The van der Waals surface area contributed by atoms with Gasteiger partial charge >= 0.3 is 0 Å². The van der Waals surface area contributed by atoms with Crippen LogP contribution in [0.3, 0.4) is 0 Å². The Labute approximate surface area is 134 Å². The molecule has 19 heavy (non-hydrogen) atoms. The smallest absolute Gasteiger partial charge is 0.137 e. The van der Waals surface area contributed by atoms with Gasteiger partial charge in [-0.3, -0.25) is 0 Å². The number of rotatable bonds is 3. The first-order valence-electron chi connectivity index (χ1n) is 6.07. The van der Waals surface area contributed by atoms with Crippen LogP contribution in [0.4, 0.5) is 4.39 Å². The van der Waals surface area contributed by atoms with E-state index in [1.165, 1.54) is 12.5 Å². The predicted octanol–water partition coefficient (Wildman–Crippen LogP) is 3.40. The number of hydrogen-bond donors (Lipinski definition) is 1. The maximum absolute atomic E-state index is 13.1. The Balaban J connectivity index is 0.00000162. The van der Waals surface area contributed by atoms with Gasteiger partial charge in [-0.25, -0.2) is 4.39 Å². The van der Waals surface area contributed by atoms with Gasteiger partial charge < -0.3 is 10.6 Å². The average Bonchev–Trinajstić information content (AvgIpc) is 2.31. The van der Waals surface area contributed by atoms with Crippen molar-refractivity contribution in [3.05, 3.63) is 34.1 Å². The molecule has 2 N–H and O–H groups in total. The maximum atomic E-state index is 13.1. The van der Waals surface area contributed by atoms with Gasteiger partial charge in [0.15, 0.2) is 0 Å². The van der Waals surface area contributed by atoms with Crippen LogP contribution in [0, 0.1) is 5.82 Å². The summed E-state index contributed by atoms with van der Waals surface area (Å²) in [6.07, 6.45) is 3.28. The molecule has 0 amide bonds. The molecule has 1 heterocycles. The van der Waals surface area contributed by atoms with Crippen molar-refractivity contribution in [1.82, 2.24) is 4.90 Å². The van der Waals surface area contributed by atoms with Gasteiger partial charge in [0.05, 0.1) is 4.47 Å². The number of nitrogens with two attached hydrogens (primary N) is 1. The van der Waals surface area contributed by atoms with E-state index in [0.717, 1.165) is 38.0 Å². The van der Waals surface area contributed by atoms with Gasteiger partial charge in [0.2, 0.25) is 0 Å². The van der Waals surface area contributed by atoms with E-state index in [4.69, 9.17) is 5.73 Å². The molecule has 0 spiro atoms. The number of nitrogens with zero attached hydrogens (tertiary/aromatic N) is 1. The highest BCUT2D eigenvalue weighted by atomic mass is 79.9. The van der Waals surface area contributed by atoms with Crippen molar-refractivity contribution in [3.63, 3.8) is 0 Å². The molecular weight excluding hydrogens is 354 g/mol. The Morgan fingerprint density at radius 1 is 1.37 bits per heavy atom. The highest BCUT2D eigenvalue weighted by Crippen LogP contribution is 2.17. The molecule has 0 radical (unpaired) electrons. The molecule has 1 aromatic rings. The van der Waals surface area contributed by atoms with E-state index in [-0.39, 0.29) is 30.6 Å². The first-order valence-corrected chi connectivity index (χ1v) is 6.86. The summed E-state index contributed by atoms with van der Waals surface area (Å²) in [5, 5.41) is 0. The fourth-order valence-electron chi connectivity index (χ4n) is 2.28. The van der Waals surface area contributed by atoms with Crippen LogP contribution in [-0.4, -0.2) is 30.6 Å². The standard InChI is InChI=1S/C13H18BrFN2.2ClH/c14-12-8-10(3-4-13(12)15)5-7-17-6-1-2-11(16)9-17;;/h3-4,8,11H,1-2,5-7,9,16H2;2*1H/t11-;;/m0../s1. The summed E-state index contributed by atoms with van der Waals surface area (Å²) in [5.74, 6) is -0.200. The van der Waals surface area contributed by atoms with Gasteiger partial charge in [0, 0.05) is 19.1 Å². The molecule has 2 rings (SSSR count). The molecule has 2 nitrogen and oxygen atoms in total. The molecule has 6 heteroatoms. The zero-order chi connectivity index (χ0) is 12.3. The first-order chi connectivity index (χ1) is 8.15. The van der Waals surface area contributed by atoms with Gasteiger partial charge in [0.25, 0.3) is 0 Å². The van der Waals surface area contributed by atoms with Crippen LogP contribution in [0.1, 0.15) is 18.4 Å². The minimum absolute atomic E-state index is 0. The van der Waals surface area contributed by atoms with Crippen LogP contribution >= 0.6 is 40.7 Å². The Hall–Kier alpha value is 0.130. The Bertz CT molecular complexity index is 393. The summed E-state index contributed by atoms with van der Waals surface area (Å²) < 4.78 is 13.6. The van der Waals surface area contributed by atoms with Gasteiger partial charge in [-0.05, 0) is 59.4 Å². The number of piperidine rings is 1. The number of benzene rings is 1. The topological polar surface area (TPSA) is 29.3 Å². The molecule has 1 fully saturated rings. The molecule has 1 aromatic carbocycles. The minimum atomic E-state index is -0.200. The van der Waals surface area contributed by atoms with Crippen molar-refractivity contribution >= 4 is 40.7 Å². The van der Waals surface area contributed by atoms with Crippen LogP contribution in [0.5, 0.6) is 0 Å². The Morgan fingerprint density at radius 2 is 2.11 bits per heavy atom. The monoisotopic (exact) mass is 372 g/mol. The zero-order valence-electron chi connectivity index (χ0n) is 10.6. The van der Waals surface area contributed by atoms with Gasteiger partial charge in [-0.1, -0.05) is 6.07 Å². The molecule has 110 valence electrons. The van der Waals surface area contributed by atoms with Gasteiger partial charge in [0.1, 0.15) is 5.82 Å². The summed E-state index contributed by atoms with van der Waals surface area (Å²) in [6, 6.07) is 5.55. The second-order valence-corrected chi connectivity index (χ2v) is 5.56. The lowest BCUT2D eigenvalue weighted by Gasteiger charge is -2.30. The molecule has 0 saturated carbocycles. The van der Waals surface area contributed by atoms with Gasteiger partial charge in [-0.15, -0.1) is 24.8 Å². The van der Waals surface area contributed by atoms with Crippen LogP contribution < -0.4 is 5.73 Å². The van der Waals surface area contributed by atoms with Crippen molar-refractivity contribution in [3.8, 4) is 0 Å². The van der Waals surface area contributed by atoms with Crippen LogP contribution in [0.2, 0.25) is 0 Å². The van der Waals surface area contributed by atoms with Crippen LogP contribution in [0.25, 0.3) is 0 Å². The molecule has 0 unspecified atom stereocenters. The molecule has 0 bridgehead atoms. The number of halogens is 4. The van der Waals surface area contributed by atoms with E-state index in [9.17, 15) is 4.39 Å². The third kappa shape index (κ3) is 5.96. The number of likely N-dealkylation sites (tertiary alicyclic amines) is 1. The second kappa shape index (κ2) is 9.14. The van der Waals surface area contributed by atoms with E-state index in [1.807, 2.05) is 12.1 Å². The largest absolute Gasteiger partial charge is 0.327 e. The summed E-state index contributed by atoms with van der Waals surface area (Å²) >= 11 is 3.21. The highest BCUT2D eigenvalue weighted by Gasteiger charge is 2.16. The third-order valence-corrected chi connectivity index (χ3v) is 3.85. The molecule has 0 aromatic heterocycles. The molecule has 0 aliphatic carbocycles. The van der Waals surface area contributed by atoms with Gasteiger partial charge in [-0.2, -0.15) is 0 Å². The summed E-state index contributed by atoms with van der Waals surface area (Å²) in [6.45, 7) is 3.13. The lowest BCUT2D eigenvalue weighted by Crippen LogP contribution is -2.43. The maximum Gasteiger partial charge on any atom is 0.137 e. The van der Waals surface area contributed by atoms with E-state index in [2.05, 4.69) is 20.8 Å². The molecular formula is C13H20BrCl2FN2. The molecule has 1 atom stereocenters. The fraction of sp³-hybridized carbons (Fsp3) is 0.538. The van der Waals surface area contributed by atoms with Crippen LogP contribution in [-0.2, 0) is 6.42 Å². The van der Waals surface area contributed by atoms with E-state index in [1.54, 1.807) is 0 Å². The van der Waals surface area contributed by atoms with Crippen molar-refractivity contribution in [1.29, 1.82) is 0 Å². The van der Waals surface area contributed by atoms with Crippen molar-refractivity contribution < 1.29 is 4.39 Å². The summed E-state index contributed by atoms with van der Waals surface area (Å²) in [5.41, 5.74) is 7.10. The molecule has 1 aliphatic heterocycles. The normalized spacial score (nSPS) is 19.4. The highest BCUT2D eigenvalue weighted by molar-refractivity contribution is 9.10. The lowest BCUT2D eigenvalue weighted by atomic mass is 10.1. The summed E-state index contributed by atoms with van der Waals surface area (Å²) in [7, 11) is 0. The average molecular weight is 374 g/mol. The van der Waals surface area contributed by atoms with Crippen molar-refractivity contribution in [2.45, 2.75) is 25.3 Å². The third-order valence-electron chi connectivity index (χ3n) is 3.24. The first kappa shape index (κ1) is 19.1. The van der Waals surface area contributed by atoms with E-state index in [0.29, 0.717) is 10.5 Å². The SMILES string of the molecule is Cl.Cl.N[C@H]1CCCN(CCc2ccc(F)c(Br)c2)C1. The van der Waals surface area contributed by atoms with Crippen molar-refractivity contribution in [2.24, 2.45) is 5.73 Å². The second-order valence-electron chi connectivity index (χ2n) is 4.70. The fourth-order valence-corrected chi connectivity index (χ4v) is 2.70. The molecule has 1 aliphatic rings. The Kier molecular flexibility index (Phi) is 9.20. The zero-order valence-corrected chi connectivity index (χ0v) is 13.9. The van der Waals surface area contributed by atoms with E-state index >= 15 is 0 Å².